The Morgan fingerprint density at radius 3 is 2.73 bits per heavy atom. The van der Waals surface area contributed by atoms with Crippen LogP contribution in [0.15, 0.2) is 0 Å². The smallest absolute Gasteiger partial charge is 0.107 e. The largest absolute Gasteiger partial charge is 0.378 e. The highest BCUT2D eigenvalue weighted by Gasteiger charge is 2.19. The van der Waals surface area contributed by atoms with Gasteiger partial charge in [0.2, 0.25) is 0 Å². The van der Waals surface area contributed by atoms with Gasteiger partial charge >= 0.3 is 0 Å². The van der Waals surface area contributed by atoms with Crippen LogP contribution in [0.1, 0.15) is 19.8 Å². The van der Waals surface area contributed by atoms with Crippen molar-refractivity contribution >= 4 is 0 Å². The lowest BCUT2D eigenvalue weighted by atomic mass is 9.96. The van der Waals surface area contributed by atoms with Gasteiger partial charge in [0.15, 0.2) is 0 Å². The van der Waals surface area contributed by atoms with Crippen LogP contribution in [0.4, 0.5) is 0 Å². The molecule has 0 aromatic carbocycles. The van der Waals surface area contributed by atoms with Crippen LogP contribution in [0.5, 0.6) is 0 Å². The minimum Gasteiger partial charge on any atom is -0.378 e. The van der Waals surface area contributed by atoms with E-state index in [-0.39, 0.29) is 6.23 Å². The van der Waals surface area contributed by atoms with Crippen LogP contribution in [0.25, 0.3) is 0 Å². The fourth-order valence-corrected chi connectivity index (χ4v) is 1.54. The lowest BCUT2D eigenvalue weighted by molar-refractivity contribution is 0.0605. The second kappa shape index (κ2) is 4.70. The van der Waals surface area contributed by atoms with Crippen molar-refractivity contribution in [1.82, 2.24) is 10.6 Å². The number of aliphatic hydroxyl groups is 1. The highest BCUT2D eigenvalue weighted by molar-refractivity contribution is 4.73. The van der Waals surface area contributed by atoms with E-state index < -0.39 is 0 Å². The first kappa shape index (κ1) is 8.97. The van der Waals surface area contributed by atoms with E-state index in [4.69, 9.17) is 0 Å². The van der Waals surface area contributed by atoms with Crippen LogP contribution in [0, 0.1) is 5.92 Å². The maximum atomic E-state index is 9.54. The van der Waals surface area contributed by atoms with Gasteiger partial charge in [0, 0.05) is 5.92 Å². The molecule has 1 rings (SSSR count). The van der Waals surface area contributed by atoms with Crippen LogP contribution in [-0.2, 0) is 0 Å². The summed E-state index contributed by atoms with van der Waals surface area (Å²) in [7, 11) is 0. The van der Waals surface area contributed by atoms with E-state index in [9.17, 15) is 5.11 Å². The van der Waals surface area contributed by atoms with Crippen molar-refractivity contribution in [3.8, 4) is 0 Å². The van der Waals surface area contributed by atoms with E-state index in [0.717, 1.165) is 32.5 Å². The second-order valence-electron chi connectivity index (χ2n) is 3.09. The van der Waals surface area contributed by atoms with Crippen molar-refractivity contribution < 1.29 is 5.11 Å². The summed E-state index contributed by atoms with van der Waals surface area (Å²) in [4.78, 5) is 0. The van der Waals surface area contributed by atoms with Gasteiger partial charge in [-0.2, -0.15) is 0 Å². The molecule has 0 amide bonds. The molecule has 0 radical (unpaired) electrons. The van der Waals surface area contributed by atoms with Gasteiger partial charge in [-0.3, -0.25) is 5.32 Å². The fraction of sp³-hybridized carbons (Fsp3) is 1.00. The lowest BCUT2D eigenvalue weighted by Crippen LogP contribution is -2.41. The molecular formula is C8H18N2O. The summed E-state index contributed by atoms with van der Waals surface area (Å²) in [5, 5.41) is 15.9. The highest BCUT2D eigenvalue weighted by atomic mass is 16.3. The Morgan fingerprint density at radius 1 is 1.55 bits per heavy atom. The third-order valence-corrected chi connectivity index (χ3v) is 2.24. The van der Waals surface area contributed by atoms with Gasteiger partial charge in [-0.15, -0.1) is 0 Å². The first-order chi connectivity index (χ1) is 5.34. The zero-order valence-corrected chi connectivity index (χ0v) is 7.14. The van der Waals surface area contributed by atoms with E-state index in [1.165, 1.54) is 0 Å². The molecule has 1 heterocycles. The number of piperidine rings is 1. The molecule has 66 valence electrons. The zero-order valence-electron chi connectivity index (χ0n) is 7.14. The molecule has 0 aromatic rings. The van der Waals surface area contributed by atoms with Gasteiger partial charge in [-0.1, -0.05) is 6.92 Å². The summed E-state index contributed by atoms with van der Waals surface area (Å²) in [5.74, 6) is 0.455. The molecular weight excluding hydrogens is 140 g/mol. The van der Waals surface area contributed by atoms with Gasteiger partial charge in [0.1, 0.15) is 6.23 Å². The predicted molar refractivity (Wildman–Crippen MR) is 45.3 cm³/mol. The van der Waals surface area contributed by atoms with Gasteiger partial charge in [0.25, 0.3) is 0 Å². The van der Waals surface area contributed by atoms with Crippen molar-refractivity contribution in [2.24, 2.45) is 5.92 Å². The molecule has 0 bridgehead atoms. The van der Waals surface area contributed by atoms with Gasteiger partial charge in [0.05, 0.1) is 0 Å². The van der Waals surface area contributed by atoms with Crippen LogP contribution < -0.4 is 10.6 Å². The molecule has 3 nitrogen and oxygen atoms in total. The van der Waals surface area contributed by atoms with Crippen LogP contribution in [-0.4, -0.2) is 31.0 Å². The summed E-state index contributed by atoms with van der Waals surface area (Å²) < 4.78 is 0. The number of hydrogen-bond acceptors (Lipinski definition) is 3. The summed E-state index contributed by atoms with van der Waals surface area (Å²) >= 11 is 0. The number of rotatable bonds is 3. The molecule has 1 unspecified atom stereocenters. The Hall–Kier alpha value is -0.120. The Bertz CT molecular complexity index is 102. The first-order valence-corrected chi connectivity index (χ1v) is 4.46. The van der Waals surface area contributed by atoms with Crippen molar-refractivity contribution in [1.29, 1.82) is 0 Å². The standard InChI is InChI=1S/C8H18N2O/c1-2-10-8(11)7-3-5-9-6-4-7/h7-11H,2-6H2,1H3. The quantitative estimate of drug-likeness (QED) is 0.503. The highest BCUT2D eigenvalue weighted by Crippen LogP contribution is 2.14. The molecule has 1 fully saturated rings. The minimum absolute atomic E-state index is 0.290. The van der Waals surface area contributed by atoms with E-state index in [1.54, 1.807) is 0 Å². The molecule has 1 atom stereocenters. The molecule has 1 aliphatic heterocycles. The lowest BCUT2D eigenvalue weighted by Gasteiger charge is -2.27. The molecule has 11 heavy (non-hydrogen) atoms. The van der Waals surface area contributed by atoms with Crippen molar-refractivity contribution in [3.05, 3.63) is 0 Å². The summed E-state index contributed by atoms with van der Waals surface area (Å²) in [5.41, 5.74) is 0. The van der Waals surface area contributed by atoms with Crippen molar-refractivity contribution in [2.75, 3.05) is 19.6 Å². The molecule has 0 aromatic heterocycles. The Morgan fingerprint density at radius 2 is 2.18 bits per heavy atom. The summed E-state index contributed by atoms with van der Waals surface area (Å²) in [6.45, 7) is 4.97. The predicted octanol–water partition coefficient (Wildman–Crippen LogP) is -0.0861. The SMILES string of the molecule is CCNC(O)C1CCNCC1. The van der Waals surface area contributed by atoms with Crippen molar-refractivity contribution in [2.45, 2.75) is 26.0 Å². The summed E-state index contributed by atoms with van der Waals surface area (Å²) in [6, 6.07) is 0. The monoisotopic (exact) mass is 158 g/mol. The molecule has 0 spiro atoms. The number of hydrogen-bond donors (Lipinski definition) is 3. The maximum absolute atomic E-state index is 9.54. The Kier molecular flexibility index (Phi) is 3.83. The molecule has 0 saturated carbocycles. The molecule has 0 aliphatic carbocycles. The van der Waals surface area contributed by atoms with E-state index >= 15 is 0 Å². The van der Waals surface area contributed by atoms with E-state index in [1.807, 2.05) is 6.92 Å². The normalized spacial score (nSPS) is 23.5. The topological polar surface area (TPSA) is 44.3 Å². The average Bonchev–Trinajstić information content (AvgIpc) is 2.07. The Balaban J connectivity index is 2.21. The molecule has 1 aliphatic rings. The van der Waals surface area contributed by atoms with Crippen LogP contribution >= 0.6 is 0 Å². The third kappa shape index (κ3) is 2.77. The van der Waals surface area contributed by atoms with Crippen LogP contribution in [0.3, 0.4) is 0 Å². The van der Waals surface area contributed by atoms with Crippen molar-refractivity contribution in [3.63, 3.8) is 0 Å². The number of nitrogens with one attached hydrogen (secondary N) is 2. The summed E-state index contributed by atoms with van der Waals surface area (Å²) in [6.07, 6.45) is 1.89. The molecule has 1 saturated heterocycles. The average molecular weight is 158 g/mol. The van der Waals surface area contributed by atoms with Gasteiger partial charge in [-0.05, 0) is 32.5 Å². The van der Waals surface area contributed by atoms with Crippen LogP contribution in [0.2, 0.25) is 0 Å². The third-order valence-electron chi connectivity index (χ3n) is 2.24. The first-order valence-electron chi connectivity index (χ1n) is 4.46. The Labute approximate surface area is 68.2 Å². The fourth-order valence-electron chi connectivity index (χ4n) is 1.54. The van der Waals surface area contributed by atoms with Gasteiger partial charge in [-0.25, -0.2) is 0 Å². The van der Waals surface area contributed by atoms with Gasteiger partial charge < -0.3 is 10.4 Å². The molecule has 3 N–H and O–H groups in total. The number of aliphatic hydroxyl groups excluding tert-OH is 1. The molecule has 3 heteroatoms. The van der Waals surface area contributed by atoms with E-state index in [0.29, 0.717) is 5.92 Å². The zero-order chi connectivity index (χ0) is 8.10. The minimum atomic E-state index is -0.290. The maximum Gasteiger partial charge on any atom is 0.107 e. The second-order valence-corrected chi connectivity index (χ2v) is 3.09. The van der Waals surface area contributed by atoms with E-state index in [2.05, 4.69) is 10.6 Å².